The number of carbonyl (C=O) groups is 1. The highest BCUT2D eigenvalue weighted by Crippen LogP contribution is 2.23. The van der Waals surface area contributed by atoms with Crippen LogP contribution in [0.3, 0.4) is 0 Å². The third-order valence-corrected chi connectivity index (χ3v) is 7.03. The van der Waals surface area contributed by atoms with E-state index in [1.54, 1.807) is 0 Å². The standard InChI is InChI=1S/C28H36N4O3/c1-20-7-8-27-29-25(18-32(27)14-20)19-34-26-6-4-5-24(13-26)28(33)31-11-9-23(10-12-31)17-30-15-21(2)35-22(3)16-30/h4-8,13-14,18,21-23H,9-12,15-17,19H2,1-3H3. The largest absolute Gasteiger partial charge is 0.487 e. The van der Waals surface area contributed by atoms with Crippen LogP contribution < -0.4 is 4.74 Å². The maximum Gasteiger partial charge on any atom is 0.253 e. The molecule has 7 heteroatoms. The number of piperidine rings is 1. The molecule has 186 valence electrons. The monoisotopic (exact) mass is 476 g/mol. The van der Waals surface area contributed by atoms with Crippen LogP contribution in [0.15, 0.2) is 48.8 Å². The van der Waals surface area contributed by atoms with Crippen LogP contribution in [0.25, 0.3) is 5.65 Å². The highest BCUT2D eigenvalue weighted by atomic mass is 16.5. The van der Waals surface area contributed by atoms with Crippen molar-refractivity contribution in [2.45, 2.75) is 52.4 Å². The number of nitrogens with zero attached hydrogens (tertiary/aromatic N) is 4. The van der Waals surface area contributed by atoms with Crippen LogP contribution in [0.1, 0.15) is 48.3 Å². The number of aromatic nitrogens is 2. The van der Waals surface area contributed by atoms with E-state index in [0.717, 1.165) is 56.9 Å². The van der Waals surface area contributed by atoms with Crippen LogP contribution in [-0.2, 0) is 11.3 Å². The van der Waals surface area contributed by atoms with E-state index < -0.39 is 0 Å². The van der Waals surface area contributed by atoms with Crippen molar-refractivity contribution in [3.05, 3.63) is 65.6 Å². The van der Waals surface area contributed by atoms with E-state index in [0.29, 0.717) is 36.0 Å². The predicted molar refractivity (Wildman–Crippen MR) is 136 cm³/mol. The van der Waals surface area contributed by atoms with Crippen LogP contribution in [0, 0.1) is 12.8 Å². The SMILES string of the molecule is Cc1ccc2nc(COc3cccc(C(=O)N4CCC(CN5CC(C)OC(C)C5)CC4)c3)cn2c1. The van der Waals surface area contributed by atoms with E-state index in [2.05, 4.69) is 42.9 Å². The number of amides is 1. The molecule has 2 fully saturated rings. The van der Waals surface area contributed by atoms with E-state index in [4.69, 9.17) is 9.47 Å². The van der Waals surface area contributed by atoms with Gasteiger partial charge < -0.3 is 18.8 Å². The third kappa shape index (κ3) is 5.85. The Bertz CT molecular complexity index is 1160. The van der Waals surface area contributed by atoms with Gasteiger partial charge in [-0.05, 0) is 69.4 Å². The lowest BCUT2D eigenvalue weighted by Gasteiger charge is -2.39. The number of rotatable bonds is 6. The minimum absolute atomic E-state index is 0.0886. The van der Waals surface area contributed by atoms with E-state index in [1.807, 2.05) is 45.8 Å². The molecule has 1 aromatic carbocycles. The Morgan fingerprint density at radius 2 is 1.86 bits per heavy atom. The molecule has 2 aromatic heterocycles. The molecule has 2 unspecified atom stereocenters. The fraction of sp³-hybridized carbons (Fsp3) is 0.500. The van der Waals surface area contributed by atoms with Crippen molar-refractivity contribution in [3.8, 4) is 5.75 Å². The number of benzene rings is 1. The minimum Gasteiger partial charge on any atom is -0.487 e. The zero-order valence-electron chi connectivity index (χ0n) is 21.0. The van der Waals surface area contributed by atoms with Crippen molar-refractivity contribution in [1.82, 2.24) is 19.2 Å². The summed E-state index contributed by atoms with van der Waals surface area (Å²) >= 11 is 0. The van der Waals surface area contributed by atoms with E-state index in [1.165, 1.54) is 5.56 Å². The molecule has 1 amide bonds. The molecule has 0 saturated carbocycles. The average Bonchev–Trinajstić information content (AvgIpc) is 3.24. The Kier molecular flexibility index (Phi) is 7.07. The van der Waals surface area contributed by atoms with Crippen LogP contribution in [0.4, 0.5) is 0 Å². The van der Waals surface area contributed by atoms with Crippen molar-refractivity contribution in [2.75, 3.05) is 32.7 Å². The second-order valence-corrected chi connectivity index (χ2v) is 10.2. The fourth-order valence-corrected chi connectivity index (χ4v) is 5.40. The van der Waals surface area contributed by atoms with Gasteiger partial charge in [-0.25, -0.2) is 4.98 Å². The number of fused-ring (bicyclic) bond motifs is 1. The predicted octanol–water partition coefficient (Wildman–Crippen LogP) is 4.18. The van der Waals surface area contributed by atoms with Gasteiger partial charge in [-0.2, -0.15) is 0 Å². The van der Waals surface area contributed by atoms with Crippen molar-refractivity contribution < 1.29 is 14.3 Å². The van der Waals surface area contributed by atoms with E-state index in [9.17, 15) is 4.79 Å². The number of ether oxygens (including phenoxy) is 2. The summed E-state index contributed by atoms with van der Waals surface area (Å²) in [6.45, 7) is 11.5. The molecule has 0 bridgehead atoms. The van der Waals surface area contributed by atoms with Crippen LogP contribution in [0.2, 0.25) is 0 Å². The van der Waals surface area contributed by atoms with Crippen LogP contribution in [-0.4, -0.2) is 70.0 Å². The minimum atomic E-state index is 0.0886. The molecular weight excluding hydrogens is 440 g/mol. The number of pyridine rings is 1. The molecule has 0 aliphatic carbocycles. The highest BCUT2D eigenvalue weighted by molar-refractivity contribution is 5.94. The first kappa shape index (κ1) is 23.8. The summed E-state index contributed by atoms with van der Waals surface area (Å²) in [5.41, 5.74) is 3.63. The summed E-state index contributed by atoms with van der Waals surface area (Å²) in [6, 6.07) is 11.6. The van der Waals surface area contributed by atoms with Crippen molar-refractivity contribution in [1.29, 1.82) is 0 Å². The zero-order valence-corrected chi connectivity index (χ0v) is 21.0. The number of aryl methyl sites for hydroxylation is 1. The maximum atomic E-state index is 13.2. The molecule has 0 spiro atoms. The molecule has 5 rings (SSSR count). The van der Waals surface area contributed by atoms with E-state index in [-0.39, 0.29) is 5.91 Å². The van der Waals surface area contributed by atoms with Gasteiger partial charge in [0.05, 0.1) is 17.9 Å². The molecule has 0 N–H and O–H groups in total. The second-order valence-electron chi connectivity index (χ2n) is 10.2. The van der Waals surface area contributed by atoms with Gasteiger partial charge in [0.2, 0.25) is 0 Å². The van der Waals surface area contributed by atoms with Gasteiger partial charge in [0.25, 0.3) is 5.91 Å². The molecule has 4 heterocycles. The van der Waals surface area contributed by atoms with E-state index >= 15 is 0 Å². The van der Waals surface area contributed by atoms with Gasteiger partial charge in [-0.15, -0.1) is 0 Å². The first-order valence-electron chi connectivity index (χ1n) is 12.8. The fourth-order valence-electron chi connectivity index (χ4n) is 5.40. The Hall–Kier alpha value is -2.90. The molecule has 7 nitrogen and oxygen atoms in total. The topological polar surface area (TPSA) is 59.3 Å². The molecule has 0 radical (unpaired) electrons. The quantitative estimate of drug-likeness (QED) is 0.534. The number of likely N-dealkylation sites (tertiary alicyclic amines) is 1. The lowest BCUT2D eigenvalue weighted by molar-refractivity contribution is -0.0728. The highest BCUT2D eigenvalue weighted by Gasteiger charge is 2.28. The van der Waals surface area contributed by atoms with Crippen molar-refractivity contribution >= 4 is 11.6 Å². The van der Waals surface area contributed by atoms with Gasteiger partial charge in [-0.1, -0.05) is 12.1 Å². The summed E-state index contributed by atoms with van der Waals surface area (Å²) in [6.07, 6.45) is 6.74. The Labute approximate surface area is 207 Å². The number of carbonyl (C=O) groups excluding carboxylic acids is 1. The van der Waals surface area contributed by atoms with Crippen LogP contribution >= 0.6 is 0 Å². The lowest BCUT2D eigenvalue weighted by Crippen LogP contribution is -2.48. The first-order valence-corrected chi connectivity index (χ1v) is 12.8. The summed E-state index contributed by atoms with van der Waals surface area (Å²) < 4.78 is 13.9. The van der Waals surface area contributed by atoms with Gasteiger partial charge in [0.1, 0.15) is 18.0 Å². The average molecular weight is 477 g/mol. The molecule has 2 aliphatic heterocycles. The van der Waals surface area contributed by atoms with Gasteiger partial charge in [0.15, 0.2) is 0 Å². The maximum absolute atomic E-state index is 13.2. The van der Waals surface area contributed by atoms with Gasteiger partial charge in [-0.3, -0.25) is 9.69 Å². The molecular formula is C28H36N4O3. The van der Waals surface area contributed by atoms with Crippen molar-refractivity contribution in [2.24, 2.45) is 5.92 Å². The number of hydrogen-bond donors (Lipinski definition) is 0. The molecule has 3 aromatic rings. The smallest absolute Gasteiger partial charge is 0.253 e. The molecule has 35 heavy (non-hydrogen) atoms. The molecule has 2 aliphatic rings. The third-order valence-electron chi connectivity index (χ3n) is 7.03. The van der Waals surface area contributed by atoms with Gasteiger partial charge >= 0.3 is 0 Å². The number of hydrogen-bond acceptors (Lipinski definition) is 5. The number of morpholine rings is 1. The number of imidazole rings is 1. The Morgan fingerprint density at radius 1 is 1.09 bits per heavy atom. The summed E-state index contributed by atoms with van der Waals surface area (Å²) in [5, 5.41) is 0. The lowest BCUT2D eigenvalue weighted by atomic mass is 9.95. The summed E-state index contributed by atoms with van der Waals surface area (Å²) in [7, 11) is 0. The summed E-state index contributed by atoms with van der Waals surface area (Å²) in [4.78, 5) is 22.3. The normalized spacial score (nSPS) is 22.0. The summed E-state index contributed by atoms with van der Waals surface area (Å²) in [5.74, 6) is 1.42. The molecule has 2 atom stereocenters. The van der Waals surface area contributed by atoms with Gasteiger partial charge in [0, 0.05) is 50.7 Å². The second kappa shape index (κ2) is 10.4. The van der Waals surface area contributed by atoms with Crippen molar-refractivity contribution in [3.63, 3.8) is 0 Å². The Balaban J connectivity index is 1.14. The zero-order chi connectivity index (χ0) is 24.4. The Morgan fingerprint density at radius 3 is 2.63 bits per heavy atom. The molecule has 2 saturated heterocycles. The van der Waals surface area contributed by atoms with Crippen LogP contribution in [0.5, 0.6) is 5.75 Å². The first-order chi connectivity index (χ1) is 16.9.